The molecule has 3 aliphatic rings. The molecule has 4 atom stereocenters. The normalized spacial score (nSPS) is 31.2. The van der Waals surface area contributed by atoms with Crippen LogP contribution in [0.4, 0.5) is 0 Å². The molecule has 3 saturated heterocycles. The second-order valence-corrected chi connectivity index (χ2v) is 9.03. The lowest BCUT2D eigenvalue weighted by atomic mass is 9.93. The van der Waals surface area contributed by atoms with Gasteiger partial charge in [0.05, 0.1) is 12.4 Å². The number of hydrogen-bond acceptors (Lipinski definition) is 6. The Kier molecular flexibility index (Phi) is 4.47. The summed E-state index contributed by atoms with van der Waals surface area (Å²) in [7, 11) is -0.500. The van der Waals surface area contributed by atoms with Crippen molar-refractivity contribution in [2.75, 3.05) is 20.2 Å². The molecule has 4 rings (SSSR count). The molecule has 11 heteroatoms. The summed E-state index contributed by atoms with van der Waals surface area (Å²) in [4.78, 5) is 32.8. The number of rotatable bonds is 4. The van der Waals surface area contributed by atoms with E-state index in [9.17, 15) is 18.0 Å². The Morgan fingerprint density at radius 1 is 1.19 bits per heavy atom. The Labute approximate surface area is 157 Å². The molecule has 1 aromatic heterocycles. The van der Waals surface area contributed by atoms with Crippen molar-refractivity contribution in [3.63, 3.8) is 0 Å². The molecule has 1 aromatic rings. The smallest absolute Gasteiger partial charge is 0.259 e. The molecule has 0 radical (unpaired) electrons. The van der Waals surface area contributed by atoms with E-state index in [1.54, 1.807) is 28.5 Å². The van der Waals surface area contributed by atoms with Gasteiger partial charge in [0.2, 0.25) is 11.8 Å². The van der Waals surface area contributed by atoms with Gasteiger partial charge in [-0.2, -0.15) is 0 Å². The van der Waals surface area contributed by atoms with Gasteiger partial charge in [0.15, 0.2) is 5.03 Å². The lowest BCUT2D eigenvalue weighted by Gasteiger charge is -2.46. The quantitative estimate of drug-likeness (QED) is 0.675. The molecule has 27 heavy (non-hydrogen) atoms. The highest BCUT2D eigenvalue weighted by atomic mass is 32.2. The summed E-state index contributed by atoms with van der Waals surface area (Å²) < 4.78 is 34.5. The average molecular weight is 397 g/mol. The summed E-state index contributed by atoms with van der Waals surface area (Å²) >= 11 is 0. The van der Waals surface area contributed by atoms with E-state index >= 15 is 0 Å². The number of imidazole rings is 1. The highest BCUT2D eigenvalue weighted by molar-refractivity contribution is 7.89. The summed E-state index contributed by atoms with van der Waals surface area (Å²) in [5.41, 5.74) is 0. The molecule has 0 aliphatic carbocycles. The van der Waals surface area contributed by atoms with Gasteiger partial charge in [-0.15, -0.1) is 0 Å². The summed E-state index contributed by atoms with van der Waals surface area (Å²) in [5, 5.41) is -0.0546. The Bertz CT molecular complexity index is 868. The fourth-order valence-electron chi connectivity index (χ4n) is 4.21. The van der Waals surface area contributed by atoms with Crippen molar-refractivity contribution in [3.05, 3.63) is 12.5 Å². The predicted octanol–water partition coefficient (Wildman–Crippen LogP) is -1.31. The molecule has 4 heterocycles. The minimum absolute atomic E-state index is 0.0546. The van der Waals surface area contributed by atoms with Gasteiger partial charge in [0.25, 0.3) is 10.0 Å². The van der Waals surface area contributed by atoms with Crippen LogP contribution in [-0.4, -0.2) is 84.0 Å². The Balaban J connectivity index is 1.49. The van der Waals surface area contributed by atoms with Crippen molar-refractivity contribution in [1.82, 2.24) is 24.1 Å². The number of nitrogens with one attached hydrogen (secondary N) is 1. The monoisotopic (exact) mass is 397 g/mol. The lowest BCUT2D eigenvalue weighted by Crippen LogP contribution is -2.66. The van der Waals surface area contributed by atoms with Crippen molar-refractivity contribution < 1.29 is 22.7 Å². The maximum Gasteiger partial charge on any atom is 0.259 e. The van der Waals surface area contributed by atoms with Crippen LogP contribution >= 0.6 is 0 Å². The van der Waals surface area contributed by atoms with E-state index in [-0.39, 0.29) is 29.4 Å². The van der Waals surface area contributed by atoms with Crippen LogP contribution < -0.4 is 4.72 Å². The van der Waals surface area contributed by atoms with Gasteiger partial charge < -0.3 is 19.1 Å². The molecule has 0 spiro atoms. The van der Waals surface area contributed by atoms with Crippen LogP contribution in [0.15, 0.2) is 17.6 Å². The first-order valence-corrected chi connectivity index (χ1v) is 10.4. The molecular formula is C16H23N5O5S. The average Bonchev–Trinajstić information content (AvgIpc) is 3.26. The van der Waals surface area contributed by atoms with E-state index in [1.807, 2.05) is 0 Å². The molecule has 0 saturated carbocycles. The number of piperidine rings is 1. The van der Waals surface area contributed by atoms with E-state index in [0.29, 0.717) is 25.9 Å². The van der Waals surface area contributed by atoms with Crippen molar-refractivity contribution in [2.45, 2.75) is 48.5 Å². The van der Waals surface area contributed by atoms with E-state index < -0.39 is 28.1 Å². The number of amides is 2. The number of nitrogens with zero attached hydrogens (tertiary/aromatic N) is 4. The minimum atomic E-state index is -3.77. The highest BCUT2D eigenvalue weighted by Gasteiger charge is 2.52. The number of hydrogen-bond donors (Lipinski definition) is 1. The zero-order valence-electron chi connectivity index (χ0n) is 15.2. The third kappa shape index (κ3) is 3.13. The second-order valence-electron chi connectivity index (χ2n) is 7.37. The van der Waals surface area contributed by atoms with E-state index in [0.717, 1.165) is 0 Å². The van der Waals surface area contributed by atoms with Crippen LogP contribution in [0.5, 0.6) is 0 Å². The molecular weight excluding hydrogens is 374 g/mol. The molecule has 148 valence electrons. The second kappa shape index (κ2) is 6.57. The zero-order valence-corrected chi connectivity index (χ0v) is 16.1. The molecule has 0 aromatic carbocycles. The maximum absolute atomic E-state index is 12.9. The van der Waals surface area contributed by atoms with Crippen LogP contribution in [0, 0.1) is 0 Å². The van der Waals surface area contributed by atoms with Gasteiger partial charge in [-0.3, -0.25) is 9.59 Å². The number of aromatic nitrogens is 2. The first-order chi connectivity index (χ1) is 12.8. The number of piperazine rings is 1. The van der Waals surface area contributed by atoms with Crippen LogP contribution in [0.3, 0.4) is 0 Å². The lowest BCUT2D eigenvalue weighted by molar-refractivity contribution is -0.161. The summed E-state index contributed by atoms with van der Waals surface area (Å²) in [6.07, 6.45) is 3.94. The molecule has 4 unspecified atom stereocenters. The number of ether oxygens (including phenoxy) is 1. The summed E-state index contributed by atoms with van der Waals surface area (Å²) in [6.45, 7) is 0.757. The van der Waals surface area contributed by atoms with Crippen molar-refractivity contribution in [1.29, 1.82) is 0 Å². The largest absolute Gasteiger partial charge is 0.380 e. The van der Waals surface area contributed by atoms with Crippen LogP contribution in [0.25, 0.3) is 0 Å². The van der Waals surface area contributed by atoms with E-state index in [2.05, 4.69) is 9.71 Å². The number of carbonyl (C=O) groups is 2. The van der Waals surface area contributed by atoms with Gasteiger partial charge in [-0.1, -0.05) is 0 Å². The van der Waals surface area contributed by atoms with Gasteiger partial charge in [-0.25, -0.2) is 18.1 Å². The van der Waals surface area contributed by atoms with Gasteiger partial charge in [-0.05, 0) is 12.8 Å². The third-order valence-electron chi connectivity index (χ3n) is 5.61. The first kappa shape index (κ1) is 18.4. The Hall–Kier alpha value is -1.98. The van der Waals surface area contributed by atoms with Crippen LogP contribution in [-0.2, 0) is 31.4 Å². The fourth-order valence-corrected chi connectivity index (χ4v) is 5.47. The summed E-state index contributed by atoms with van der Waals surface area (Å²) in [6, 6.07) is -1.51. The number of carbonyl (C=O) groups excluding carboxylic acids is 2. The maximum atomic E-state index is 12.9. The molecule has 1 N–H and O–H groups in total. The van der Waals surface area contributed by atoms with Crippen LogP contribution in [0.1, 0.15) is 19.3 Å². The number of methoxy groups -OCH3 is 1. The SMILES string of the molecule is COC1CC2C(=O)N3CCC(NS(=O)(=O)c4cn(C)cn4)CC3C(=O)N2C1. The zero-order chi connectivity index (χ0) is 19.3. The highest BCUT2D eigenvalue weighted by Crippen LogP contribution is 2.32. The van der Waals surface area contributed by atoms with Crippen molar-refractivity contribution in [2.24, 2.45) is 7.05 Å². The van der Waals surface area contributed by atoms with Crippen LogP contribution in [0.2, 0.25) is 0 Å². The summed E-state index contributed by atoms with van der Waals surface area (Å²) in [5.74, 6) is -0.189. The fraction of sp³-hybridized carbons (Fsp3) is 0.688. The van der Waals surface area contributed by atoms with E-state index in [4.69, 9.17) is 4.74 Å². The topological polar surface area (TPSA) is 114 Å². The molecule has 0 bridgehead atoms. The predicted molar refractivity (Wildman–Crippen MR) is 93.0 cm³/mol. The molecule has 3 fully saturated rings. The standard InChI is InChI=1S/C16H23N5O5S/c1-19-8-14(17-9-19)27(24,25)18-10-3-4-20-12(5-10)16(23)21-7-11(26-2)6-13(21)15(20)22/h8-13,18H,3-7H2,1-2H3. The van der Waals surface area contributed by atoms with E-state index in [1.165, 1.54) is 12.5 Å². The van der Waals surface area contributed by atoms with Gasteiger partial charge in [0.1, 0.15) is 12.1 Å². The van der Waals surface area contributed by atoms with Gasteiger partial charge >= 0.3 is 0 Å². The van der Waals surface area contributed by atoms with Crippen molar-refractivity contribution >= 4 is 21.8 Å². The number of fused-ring (bicyclic) bond motifs is 2. The first-order valence-electron chi connectivity index (χ1n) is 8.94. The molecule has 3 aliphatic heterocycles. The Morgan fingerprint density at radius 3 is 2.56 bits per heavy atom. The minimum Gasteiger partial charge on any atom is -0.380 e. The number of aryl methyl sites for hydroxylation is 1. The molecule has 2 amide bonds. The third-order valence-corrected chi connectivity index (χ3v) is 7.02. The van der Waals surface area contributed by atoms with Gasteiger partial charge in [0, 0.05) is 45.9 Å². The van der Waals surface area contributed by atoms with Crippen molar-refractivity contribution in [3.8, 4) is 0 Å². The number of sulfonamides is 1. The Morgan fingerprint density at radius 2 is 1.89 bits per heavy atom. The molecule has 10 nitrogen and oxygen atoms in total.